The quantitative estimate of drug-likeness (QED) is 0.901. The third-order valence-corrected chi connectivity index (χ3v) is 3.10. The van der Waals surface area contributed by atoms with Crippen LogP contribution in [0.25, 0.3) is 5.69 Å². The minimum atomic E-state index is -0.118. The topological polar surface area (TPSA) is 72.7 Å². The lowest BCUT2D eigenvalue weighted by Crippen LogP contribution is -2.36. The second-order valence-corrected chi connectivity index (χ2v) is 4.78. The van der Waals surface area contributed by atoms with Gasteiger partial charge in [-0.3, -0.25) is 4.79 Å². The highest BCUT2D eigenvalue weighted by molar-refractivity contribution is 5.97. The van der Waals surface area contributed by atoms with Gasteiger partial charge in [-0.25, -0.2) is 0 Å². The van der Waals surface area contributed by atoms with Crippen LogP contribution in [-0.4, -0.2) is 32.2 Å². The summed E-state index contributed by atoms with van der Waals surface area (Å²) in [4.78, 5) is 12.3. The summed E-state index contributed by atoms with van der Waals surface area (Å²) in [5, 5.41) is 14.0. The van der Waals surface area contributed by atoms with Crippen molar-refractivity contribution in [1.82, 2.24) is 25.5 Å². The molecule has 1 N–H and O–H groups in total. The number of para-hydroxylation sites is 1. The summed E-state index contributed by atoms with van der Waals surface area (Å²) >= 11 is 0. The number of hydrogen-bond acceptors (Lipinski definition) is 4. The number of nitrogens with zero attached hydrogens (tertiary/aromatic N) is 4. The highest BCUT2D eigenvalue weighted by Crippen LogP contribution is 2.13. The largest absolute Gasteiger partial charge is 0.349 e. The molecule has 1 aromatic heterocycles. The Morgan fingerprint density at radius 2 is 2.00 bits per heavy atom. The third-order valence-electron chi connectivity index (χ3n) is 3.10. The molecule has 6 nitrogen and oxygen atoms in total. The molecule has 0 aliphatic carbocycles. The minimum Gasteiger partial charge on any atom is -0.349 e. The maximum Gasteiger partial charge on any atom is 0.253 e. The number of benzene rings is 1. The van der Waals surface area contributed by atoms with Crippen LogP contribution in [-0.2, 0) is 0 Å². The SMILES string of the molecule is CC(C)C(C)NC(=O)c1ccccc1-n1cnnn1. The van der Waals surface area contributed by atoms with Crippen molar-refractivity contribution in [3.05, 3.63) is 36.2 Å². The van der Waals surface area contributed by atoms with Gasteiger partial charge in [-0.15, -0.1) is 5.10 Å². The summed E-state index contributed by atoms with van der Waals surface area (Å²) in [7, 11) is 0. The van der Waals surface area contributed by atoms with Crippen LogP contribution in [0.3, 0.4) is 0 Å². The number of amides is 1. The van der Waals surface area contributed by atoms with E-state index < -0.39 is 0 Å². The molecule has 1 unspecified atom stereocenters. The van der Waals surface area contributed by atoms with Gasteiger partial charge >= 0.3 is 0 Å². The average molecular weight is 259 g/mol. The van der Waals surface area contributed by atoms with Gasteiger partial charge in [0.15, 0.2) is 0 Å². The standard InChI is InChI=1S/C13H17N5O/c1-9(2)10(3)15-13(19)11-6-4-5-7-12(11)18-8-14-16-17-18/h4-10H,1-3H3,(H,15,19). The van der Waals surface area contributed by atoms with Crippen LogP contribution in [0.4, 0.5) is 0 Å². The molecule has 0 saturated heterocycles. The molecule has 6 heteroatoms. The third kappa shape index (κ3) is 2.96. The van der Waals surface area contributed by atoms with E-state index in [1.807, 2.05) is 25.1 Å². The molecule has 0 radical (unpaired) electrons. The van der Waals surface area contributed by atoms with Crippen molar-refractivity contribution in [3.63, 3.8) is 0 Å². The van der Waals surface area contributed by atoms with E-state index in [2.05, 4.69) is 34.7 Å². The Bertz CT molecular complexity index is 550. The second-order valence-electron chi connectivity index (χ2n) is 4.78. The van der Waals surface area contributed by atoms with Crippen LogP contribution in [0.1, 0.15) is 31.1 Å². The van der Waals surface area contributed by atoms with Crippen LogP contribution in [0.2, 0.25) is 0 Å². The maximum atomic E-state index is 12.3. The number of aromatic nitrogens is 4. The van der Waals surface area contributed by atoms with Gasteiger partial charge in [-0.1, -0.05) is 26.0 Å². The van der Waals surface area contributed by atoms with Crippen molar-refractivity contribution in [2.45, 2.75) is 26.8 Å². The van der Waals surface area contributed by atoms with E-state index in [9.17, 15) is 4.79 Å². The Morgan fingerprint density at radius 1 is 1.26 bits per heavy atom. The Hall–Kier alpha value is -2.24. The molecular formula is C13H17N5O. The zero-order chi connectivity index (χ0) is 13.8. The smallest absolute Gasteiger partial charge is 0.253 e. The van der Waals surface area contributed by atoms with Crippen LogP contribution in [0.5, 0.6) is 0 Å². The molecule has 100 valence electrons. The molecule has 0 bridgehead atoms. The average Bonchev–Trinajstić information content (AvgIpc) is 2.92. The van der Waals surface area contributed by atoms with E-state index in [1.165, 1.54) is 11.0 Å². The Balaban J connectivity index is 2.28. The van der Waals surface area contributed by atoms with E-state index in [0.717, 1.165) is 0 Å². The first-order valence-corrected chi connectivity index (χ1v) is 6.23. The summed E-state index contributed by atoms with van der Waals surface area (Å²) in [5.41, 5.74) is 1.23. The summed E-state index contributed by atoms with van der Waals surface area (Å²) in [6.07, 6.45) is 1.47. The fraction of sp³-hybridized carbons (Fsp3) is 0.385. The molecule has 1 atom stereocenters. The van der Waals surface area contributed by atoms with Crippen molar-refractivity contribution in [2.24, 2.45) is 5.92 Å². The van der Waals surface area contributed by atoms with Gasteiger partial charge < -0.3 is 5.32 Å². The summed E-state index contributed by atoms with van der Waals surface area (Å²) in [5.74, 6) is 0.261. The van der Waals surface area contributed by atoms with Crippen molar-refractivity contribution in [3.8, 4) is 5.69 Å². The maximum absolute atomic E-state index is 12.3. The van der Waals surface area contributed by atoms with Crippen molar-refractivity contribution in [2.75, 3.05) is 0 Å². The van der Waals surface area contributed by atoms with Gasteiger partial charge in [0.25, 0.3) is 5.91 Å². The van der Waals surface area contributed by atoms with Crippen molar-refractivity contribution >= 4 is 5.91 Å². The first-order chi connectivity index (χ1) is 9.09. The molecule has 2 rings (SSSR count). The van der Waals surface area contributed by atoms with E-state index in [-0.39, 0.29) is 11.9 Å². The molecule has 0 aliphatic rings. The fourth-order valence-electron chi connectivity index (χ4n) is 1.59. The molecule has 1 amide bonds. The zero-order valence-electron chi connectivity index (χ0n) is 11.2. The Morgan fingerprint density at radius 3 is 2.63 bits per heavy atom. The fourth-order valence-corrected chi connectivity index (χ4v) is 1.59. The number of carbonyl (C=O) groups is 1. The monoisotopic (exact) mass is 259 g/mol. The number of rotatable bonds is 4. The van der Waals surface area contributed by atoms with Gasteiger partial charge in [0.05, 0.1) is 11.3 Å². The second kappa shape index (κ2) is 5.60. The van der Waals surface area contributed by atoms with Crippen LogP contribution < -0.4 is 5.32 Å². The lowest BCUT2D eigenvalue weighted by atomic mass is 10.1. The number of hydrogen-bond donors (Lipinski definition) is 1. The normalized spacial score (nSPS) is 12.4. The first-order valence-electron chi connectivity index (χ1n) is 6.23. The predicted molar refractivity (Wildman–Crippen MR) is 70.9 cm³/mol. The van der Waals surface area contributed by atoms with E-state index >= 15 is 0 Å². The van der Waals surface area contributed by atoms with Gasteiger partial charge in [0.1, 0.15) is 6.33 Å². The lowest BCUT2D eigenvalue weighted by molar-refractivity contribution is 0.0930. The molecule has 0 saturated carbocycles. The molecule has 0 aliphatic heterocycles. The first kappa shape index (κ1) is 13.2. The van der Waals surface area contributed by atoms with Gasteiger partial charge in [-0.2, -0.15) is 4.68 Å². The zero-order valence-corrected chi connectivity index (χ0v) is 11.2. The predicted octanol–water partition coefficient (Wildman–Crippen LogP) is 1.44. The number of tetrazole rings is 1. The summed E-state index contributed by atoms with van der Waals surface area (Å²) in [6, 6.07) is 7.35. The van der Waals surface area contributed by atoms with Crippen molar-refractivity contribution < 1.29 is 4.79 Å². The van der Waals surface area contributed by atoms with Gasteiger partial charge in [0.2, 0.25) is 0 Å². The molecule has 2 aromatic rings. The Labute approximate surface area is 111 Å². The van der Waals surface area contributed by atoms with Gasteiger partial charge in [0, 0.05) is 6.04 Å². The summed E-state index contributed by atoms with van der Waals surface area (Å²) in [6.45, 7) is 6.12. The Kier molecular flexibility index (Phi) is 3.89. The molecular weight excluding hydrogens is 242 g/mol. The highest BCUT2D eigenvalue weighted by atomic mass is 16.1. The number of carbonyl (C=O) groups excluding carboxylic acids is 1. The molecule has 0 spiro atoms. The molecule has 1 aromatic carbocycles. The van der Waals surface area contributed by atoms with Gasteiger partial charge in [-0.05, 0) is 35.4 Å². The van der Waals surface area contributed by atoms with E-state index in [0.29, 0.717) is 17.2 Å². The van der Waals surface area contributed by atoms with Crippen LogP contribution in [0, 0.1) is 5.92 Å². The highest BCUT2D eigenvalue weighted by Gasteiger charge is 2.16. The minimum absolute atomic E-state index is 0.106. The summed E-state index contributed by atoms with van der Waals surface area (Å²) < 4.78 is 1.48. The molecule has 1 heterocycles. The lowest BCUT2D eigenvalue weighted by Gasteiger charge is -2.18. The molecule has 19 heavy (non-hydrogen) atoms. The van der Waals surface area contributed by atoms with Crippen LogP contribution >= 0.6 is 0 Å². The number of nitrogens with one attached hydrogen (secondary N) is 1. The molecule has 0 fully saturated rings. The van der Waals surface area contributed by atoms with E-state index in [1.54, 1.807) is 6.07 Å². The van der Waals surface area contributed by atoms with E-state index in [4.69, 9.17) is 0 Å². The van der Waals surface area contributed by atoms with Crippen LogP contribution in [0.15, 0.2) is 30.6 Å². The van der Waals surface area contributed by atoms with Crippen molar-refractivity contribution in [1.29, 1.82) is 0 Å².